The van der Waals surface area contributed by atoms with Crippen molar-refractivity contribution in [2.24, 2.45) is 0 Å². The molecule has 88 valence electrons. The number of rotatable bonds is 3. The van der Waals surface area contributed by atoms with Gasteiger partial charge in [-0.1, -0.05) is 0 Å². The molecule has 0 spiro atoms. The van der Waals surface area contributed by atoms with Crippen molar-refractivity contribution in [3.63, 3.8) is 0 Å². The number of hydrogen-bond acceptors (Lipinski definition) is 4. The molecule has 1 aromatic carbocycles. The van der Waals surface area contributed by atoms with Crippen LogP contribution in [0.15, 0.2) is 24.4 Å². The second kappa shape index (κ2) is 4.25. The Morgan fingerprint density at radius 3 is 2.94 bits per heavy atom. The van der Waals surface area contributed by atoms with Crippen LogP contribution < -0.4 is 11.1 Å². The molecule has 2 rings (SSSR count). The number of fused-ring (bicyclic) bond motifs is 1. The Hall–Kier alpha value is -2.37. The summed E-state index contributed by atoms with van der Waals surface area (Å²) in [6.07, 6.45) is 1.49. The molecule has 0 fully saturated rings. The van der Waals surface area contributed by atoms with Gasteiger partial charge in [-0.05, 0) is 18.2 Å². The predicted octanol–water partition coefficient (Wildman–Crippen LogP) is 1.45. The number of hydrogen-bond donors (Lipinski definition) is 3. The van der Waals surface area contributed by atoms with Gasteiger partial charge in [0.25, 0.3) is 0 Å². The number of nitrogens with zero attached hydrogens (tertiary/aromatic N) is 1. The topological polar surface area (TPSA) is 88.2 Å². The lowest BCUT2D eigenvalue weighted by Gasteiger charge is -2.08. The van der Waals surface area contributed by atoms with Gasteiger partial charge in [0.15, 0.2) is 0 Å². The van der Waals surface area contributed by atoms with Crippen LogP contribution in [0.4, 0.5) is 15.9 Å². The van der Waals surface area contributed by atoms with E-state index in [0.717, 1.165) is 0 Å². The van der Waals surface area contributed by atoms with Gasteiger partial charge in [-0.15, -0.1) is 0 Å². The molecular weight excluding hydrogens is 225 g/mol. The number of anilines is 2. The van der Waals surface area contributed by atoms with Crippen molar-refractivity contribution in [3.8, 4) is 0 Å². The SMILES string of the molecule is Nc1cc(F)cc2c(NCC(=O)O)nccc12. The highest BCUT2D eigenvalue weighted by molar-refractivity contribution is 5.99. The number of halogens is 1. The number of carbonyl (C=O) groups is 1. The average molecular weight is 235 g/mol. The third-order valence-electron chi connectivity index (χ3n) is 2.28. The molecular formula is C11H10FN3O2. The molecule has 0 unspecified atom stereocenters. The van der Waals surface area contributed by atoms with Gasteiger partial charge in [-0.3, -0.25) is 4.79 Å². The molecule has 5 nitrogen and oxygen atoms in total. The molecule has 4 N–H and O–H groups in total. The first-order chi connectivity index (χ1) is 8.08. The van der Waals surface area contributed by atoms with Crippen LogP contribution in [0.25, 0.3) is 10.8 Å². The number of carboxylic acids is 1. The second-order valence-corrected chi connectivity index (χ2v) is 3.50. The van der Waals surface area contributed by atoms with E-state index in [-0.39, 0.29) is 6.54 Å². The summed E-state index contributed by atoms with van der Waals surface area (Å²) in [5.74, 6) is -1.20. The maximum absolute atomic E-state index is 13.2. The number of nitrogens with one attached hydrogen (secondary N) is 1. The summed E-state index contributed by atoms with van der Waals surface area (Å²) >= 11 is 0. The number of nitrogen functional groups attached to an aromatic ring is 1. The number of aliphatic carboxylic acids is 1. The fourth-order valence-corrected chi connectivity index (χ4v) is 1.58. The lowest BCUT2D eigenvalue weighted by atomic mass is 10.1. The lowest BCUT2D eigenvalue weighted by Crippen LogP contribution is -2.13. The van der Waals surface area contributed by atoms with Crippen LogP contribution >= 0.6 is 0 Å². The van der Waals surface area contributed by atoms with Crippen molar-refractivity contribution in [1.82, 2.24) is 4.98 Å². The quantitative estimate of drug-likeness (QED) is 0.701. The molecule has 0 amide bonds. The van der Waals surface area contributed by atoms with E-state index in [4.69, 9.17) is 10.8 Å². The fraction of sp³-hybridized carbons (Fsp3) is 0.0909. The summed E-state index contributed by atoms with van der Waals surface area (Å²) in [6, 6.07) is 4.13. The Balaban J connectivity index is 2.52. The number of benzene rings is 1. The summed E-state index contributed by atoms with van der Waals surface area (Å²) in [5.41, 5.74) is 5.96. The van der Waals surface area contributed by atoms with E-state index in [2.05, 4.69) is 10.3 Å². The molecule has 2 aromatic rings. The maximum atomic E-state index is 13.2. The van der Waals surface area contributed by atoms with Gasteiger partial charge < -0.3 is 16.2 Å². The summed E-state index contributed by atoms with van der Waals surface area (Å²) < 4.78 is 13.2. The van der Waals surface area contributed by atoms with E-state index >= 15 is 0 Å². The van der Waals surface area contributed by atoms with Gasteiger partial charge in [-0.2, -0.15) is 0 Å². The van der Waals surface area contributed by atoms with E-state index in [1.165, 1.54) is 18.3 Å². The van der Waals surface area contributed by atoms with E-state index in [1.807, 2.05) is 0 Å². The second-order valence-electron chi connectivity index (χ2n) is 3.50. The molecule has 1 aromatic heterocycles. The third-order valence-corrected chi connectivity index (χ3v) is 2.28. The van der Waals surface area contributed by atoms with Gasteiger partial charge >= 0.3 is 5.97 Å². The van der Waals surface area contributed by atoms with Crippen molar-refractivity contribution in [1.29, 1.82) is 0 Å². The highest BCUT2D eigenvalue weighted by atomic mass is 19.1. The van der Waals surface area contributed by atoms with Crippen molar-refractivity contribution in [3.05, 3.63) is 30.2 Å². The van der Waals surface area contributed by atoms with Gasteiger partial charge in [0.2, 0.25) is 0 Å². The van der Waals surface area contributed by atoms with Crippen molar-refractivity contribution >= 4 is 28.2 Å². The maximum Gasteiger partial charge on any atom is 0.322 e. The molecule has 17 heavy (non-hydrogen) atoms. The normalized spacial score (nSPS) is 10.4. The molecule has 1 heterocycles. The van der Waals surface area contributed by atoms with Crippen LogP contribution in [0.1, 0.15) is 0 Å². The Morgan fingerprint density at radius 1 is 1.47 bits per heavy atom. The van der Waals surface area contributed by atoms with E-state index in [9.17, 15) is 9.18 Å². The zero-order valence-electron chi connectivity index (χ0n) is 8.77. The highest BCUT2D eigenvalue weighted by Gasteiger charge is 2.07. The van der Waals surface area contributed by atoms with E-state index in [0.29, 0.717) is 22.3 Å². The monoisotopic (exact) mass is 235 g/mol. The Kier molecular flexibility index (Phi) is 2.78. The van der Waals surface area contributed by atoms with Crippen molar-refractivity contribution in [2.45, 2.75) is 0 Å². The minimum Gasteiger partial charge on any atom is -0.480 e. The molecule has 0 aliphatic rings. The zero-order valence-corrected chi connectivity index (χ0v) is 8.77. The van der Waals surface area contributed by atoms with Crippen LogP contribution in [0.5, 0.6) is 0 Å². The Labute approximate surface area is 96.1 Å². The molecule has 0 saturated carbocycles. The van der Waals surface area contributed by atoms with E-state index in [1.54, 1.807) is 6.07 Å². The summed E-state index contributed by atoms with van der Waals surface area (Å²) in [7, 11) is 0. The molecule has 0 atom stereocenters. The van der Waals surface area contributed by atoms with Crippen molar-refractivity contribution < 1.29 is 14.3 Å². The first kappa shape index (κ1) is 11.1. The largest absolute Gasteiger partial charge is 0.480 e. The Morgan fingerprint density at radius 2 is 2.24 bits per heavy atom. The lowest BCUT2D eigenvalue weighted by molar-refractivity contribution is -0.134. The highest BCUT2D eigenvalue weighted by Crippen LogP contribution is 2.26. The number of aromatic nitrogens is 1. The van der Waals surface area contributed by atoms with Crippen LogP contribution in [0.3, 0.4) is 0 Å². The number of carboxylic acid groups (broad SMARTS) is 1. The predicted molar refractivity (Wildman–Crippen MR) is 62.2 cm³/mol. The Bertz CT molecular complexity index is 586. The van der Waals surface area contributed by atoms with Crippen molar-refractivity contribution in [2.75, 3.05) is 17.6 Å². The zero-order chi connectivity index (χ0) is 12.4. The van der Waals surface area contributed by atoms with Gasteiger partial charge in [0, 0.05) is 22.7 Å². The summed E-state index contributed by atoms with van der Waals surface area (Å²) in [5, 5.41) is 12.3. The van der Waals surface area contributed by atoms with Crippen LogP contribution in [0.2, 0.25) is 0 Å². The van der Waals surface area contributed by atoms with Gasteiger partial charge in [0.05, 0.1) is 0 Å². The summed E-state index contributed by atoms with van der Waals surface area (Å²) in [4.78, 5) is 14.4. The van der Waals surface area contributed by atoms with Crippen LogP contribution in [-0.2, 0) is 4.79 Å². The van der Waals surface area contributed by atoms with Gasteiger partial charge in [-0.25, -0.2) is 9.37 Å². The molecule has 0 saturated heterocycles. The first-order valence-corrected chi connectivity index (χ1v) is 4.87. The smallest absolute Gasteiger partial charge is 0.322 e. The minimum atomic E-state index is -1.02. The first-order valence-electron chi connectivity index (χ1n) is 4.87. The fourth-order valence-electron chi connectivity index (χ4n) is 1.58. The van der Waals surface area contributed by atoms with Crippen LogP contribution in [0, 0.1) is 5.82 Å². The molecule has 0 aliphatic carbocycles. The minimum absolute atomic E-state index is 0.289. The molecule has 6 heteroatoms. The molecule has 0 radical (unpaired) electrons. The summed E-state index contributed by atoms with van der Waals surface area (Å²) in [6.45, 7) is -0.289. The average Bonchev–Trinajstić information content (AvgIpc) is 2.26. The van der Waals surface area contributed by atoms with Gasteiger partial charge in [0.1, 0.15) is 18.2 Å². The number of pyridine rings is 1. The molecule has 0 bridgehead atoms. The van der Waals surface area contributed by atoms with Crippen LogP contribution in [-0.4, -0.2) is 22.6 Å². The number of nitrogens with two attached hydrogens (primary N) is 1. The standard InChI is InChI=1S/C11H10FN3O2/c12-6-3-8-7(9(13)4-6)1-2-14-11(8)15-5-10(16)17/h1-4H,5,13H2,(H,14,15)(H,16,17). The van der Waals surface area contributed by atoms with E-state index < -0.39 is 11.8 Å². The molecule has 0 aliphatic heterocycles. The third kappa shape index (κ3) is 2.25.